The molecule has 3 aliphatic carbocycles. The van der Waals surface area contributed by atoms with E-state index in [2.05, 4.69) is 15.3 Å². The van der Waals surface area contributed by atoms with E-state index in [9.17, 15) is 4.39 Å². The van der Waals surface area contributed by atoms with E-state index in [1.54, 1.807) is 6.07 Å². The summed E-state index contributed by atoms with van der Waals surface area (Å²) in [6.45, 7) is 0.480. The zero-order valence-electron chi connectivity index (χ0n) is 16.5. The van der Waals surface area contributed by atoms with Gasteiger partial charge in [-0.15, -0.1) is 0 Å². The topological polar surface area (TPSA) is 31.4 Å². The van der Waals surface area contributed by atoms with E-state index in [4.69, 9.17) is 16.6 Å². The van der Waals surface area contributed by atoms with Crippen molar-refractivity contribution >= 4 is 11.9 Å². The first-order valence-corrected chi connectivity index (χ1v) is 11.3. The largest absolute Gasteiger partial charge is 0.473 e. The second-order valence-electron chi connectivity index (χ2n) is 9.00. The summed E-state index contributed by atoms with van der Waals surface area (Å²) < 4.78 is 23.6. The van der Waals surface area contributed by atoms with Gasteiger partial charge in [0.05, 0.1) is 0 Å². The second kappa shape index (κ2) is 9.47. The van der Waals surface area contributed by atoms with E-state index in [0.29, 0.717) is 6.61 Å². The quantitative estimate of drug-likeness (QED) is 0.348. The molecule has 1 aromatic heterocycles. The average Bonchev–Trinajstić information content (AvgIpc) is 3.56. The number of halogens is 2. The Morgan fingerprint density at radius 2 is 1.68 bits per heavy atom. The van der Waals surface area contributed by atoms with Crippen LogP contribution in [0.15, 0.2) is 23.8 Å². The van der Waals surface area contributed by atoms with Gasteiger partial charge in [-0.3, -0.25) is 0 Å². The standard InChI is InChI=1S/C23H31ClFNO2/c24-28-21-13-14-22(26-23(21)25)27-15-18-7-11-20(12-8-18)19-9-5-17(6-10-19)4-3-16-1-2-16/h7,13-14,16-17,19-20H,1-6,8-12,15H2. The number of pyridine rings is 1. The molecule has 3 aliphatic rings. The van der Waals surface area contributed by atoms with Crippen LogP contribution in [-0.4, -0.2) is 11.6 Å². The molecule has 28 heavy (non-hydrogen) atoms. The monoisotopic (exact) mass is 407 g/mol. The number of allylic oxidation sites excluding steroid dienone is 1. The van der Waals surface area contributed by atoms with Crippen molar-refractivity contribution in [3.8, 4) is 11.6 Å². The van der Waals surface area contributed by atoms with Crippen LogP contribution in [0.1, 0.15) is 70.6 Å². The third-order valence-electron chi connectivity index (χ3n) is 7.06. The Bertz CT molecular complexity index is 683. The summed E-state index contributed by atoms with van der Waals surface area (Å²) >= 11 is 5.17. The molecule has 1 atom stereocenters. The van der Waals surface area contributed by atoms with E-state index in [1.165, 1.54) is 69.4 Å². The van der Waals surface area contributed by atoms with E-state index < -0.39 is 5.95 Å². The Kier molecular flexibility index (Phi) is 6.77. The lowest BCUT2D eigenvalue weighted by atomic mass is 9.70. The van der Waals surface area contributed by atoms with E-state index in [0.717, 1.165) is 36.5 Å². The molecule has 1 unspecified atom stereocenters. The summed E-state index contributed by atoms with van der Waals surface area (Å²) in [6, 6.07) is 3.01. The van der Waals surface area contributed by atoms with Gasteiger partial charge in [0, 0.05) is 6.07 Å². The maximum Gasteiger partial charge on any atom is 0.260 e. The Morgan fingerprint density at radius 1 is 0.964 bits per heavy atom. The Balaban J connectivity index is 1.18. The summed E-state index contributed by atoms with van der Waals surface area (Å²) in [5.74, 6) is 3.26. The minimum atomic E-state index is -0.752. The highest BCUT2D eigenvalue weighted by Gasteiger charge is 2.30. The van der Waals surface area contributed by atoms with Crippen molar-refractivity contribution in [1.82, 2.24) is 4.98 Å². The average molecular weight is 408 g/mol. The number of rotatable bonds is 8. The summed E-state index contributed by atoms with van der Waals surface area (Å²) in [5.41, 5.74) is 1.30. The molecule has 0 radical (unpaired) electrons. The van der Waals surface area contributed by atoms with Crippen LogP contribution in [0.2, 0.25) is 0 Å². The highest BCUT2D eigenvalue weighted by Crippen LogP contribution is 2.42. The van der Waals surface area contributed by atoms with E-state index in [1.807, 2.05) is 0 Å². The van der Waals surface area contributed by atoms with Crippen molar-refractivity contribution in [3.63, 3.8) is 0 Å². The molecule has 5 heteroatoms. The molecule has 4 rings (SSSR count). The predicted octanol–water partition coefficient (Wildman–Crippen LogP) is 6.86. The van der Waals surface area contributed by atoms with Gasteiger partial charge < -0.3 is 9.03 Å². The number of hydrogen-bond donors (Lipinski definition) is 0. The number of aromatic nitrogens is 1. The summed E-state index contributed by atoms with van der Waals surface area (Å²) in [5, 5.41) is 0. The van der Waals surface area contributed by atoms with Crippen LogP contribution in [0, 0.1) is 29.6 Å². The van der Waals surface area contributed by atoms with Gasteiger partial charge in [-0.1, -0.05) is 44.6 Å². The zero-order valence-corrected chi connectivity index (χ0v) is 17.3. The normalized spacial score (nSPS) is 27.9. The Hall–Kier alpha value is -1.29. The lowest BCUT2D eigenvalue weighted by molar-refractivity contribution is 0.182. The fourth-order valence-electron chi connectivity index (χ4n) is 5.00. The lowest BCUT2D eigenvalue weighted by Gasteiger charge is -2.35. The molecule has 0 N–H and O–H groups in total. The van der Waals surface area contributed by atoms with E-state index >= 15 is 0 Å². The number of nitrogens with zero attached hydrogens (tertiary/aromatic N) is 1. The summed E-state index contributed by atoms with van der Waals surface area (Å²) in [7, 11) is 0. The van der Waals surface area contributed by atoms with Gasteiger partial charge >= 0.3 is 0 Å². The van der Waals surface area contributed by atoms with Crippen LogP contribution in [0.25, 0.3) is 0 Å². The van der Waals surface area contributed by atoms with Crippen LogP contribution < -0.4 is 9.03 Å². The summed E-state index contributed by atoms with van der Waals surface area (Å²) in [4.78, 5) is 3.73. The van der Waals surface area contributed by atoms with Crippen LogP contribution >= 0.6 is 11.9 Å². The lowest BCUT2D eigenvalue weighted by Crippen LogP contribution is -2.24. The Morgan fingerprint density at radius 3 is 2.25 bits per heavy atom. The second-order valence-corrected chi connectivity index (χ2v) is 9.16. The number of ether oxygens (including phenoxy) is 1. The molecule has 2 fully saturated rings. The van der Waals surface area contributed by atoms with Crippen LogP contribution in [0.5, 0.6) is 11.6 Å². The molecule has 0 saturated heterocycles. The van der Waals surface area contributed by atoms with Gasteiger partial charge in [0.2, 0.25) is 11.6 Å². The van der Waals surface area contributed by atoms with Crippen molar-refractivity contribution in [3.05, 3.63) is 29.7 Å². The minimum absolute atomic E-state index is 0.0870. The molecule has 0 bridgehead atoms. The van der Waals surface area contributed by atoms with Gasteiger partial charge in [-0.05, 0) is 67.4 Å². The van der Waals surface area contributed by atoms with Crippen molar-refractivity contribution in [2.24, 2.45) is 23.7 Å². The molecule has 0 aromatic carbocycles. The van der Waals surface area contributed by atoms with Crippen molar-refractivity contribution in [1.29, 1.82) is 0 Å². The maximum atomic E-state index is 13.6. The molecule has 2 saturated carbocycles. The Labute approximate surface area is 172 Å². The highest BCUT2D eigenvalue weighted by molar-refractivity contribution is 6.09. The molecule has 1 heterocycles. The maximum absolute atomic E-state index is 13.6. The molecule has 0 aliphatic heterocycles. The summed E-state index contributed by atoms with van der Waals surface area (Å²) in [6.07, 6.45) is 17.6. The fourth-order valence-corrected chi connectivity index (χ4v) is 5.12. The fraction of sp³-hybridized carbons (Fsp3) is 0.696. The first-order valence-electron chi connectivity index (χ1n) is 11.0. The van der Waals surface area contributed by atoms with Crippen LogP contribution in [0.4, 0.5) is 4.39 Å². The van der Waals surface area contributed by atoms with Crippen LogP contribution in [-0.2, 0) is 0 Å². The molecule has 3 nitrogen and oxygen atoms in total. The van der Waals surface area contributed by atoms with Gasteiger partial charge in [-0.25, -0.2) is 0 Å². The van der Waals surface area contributed by atoms with Gasteiger partial charge in [0.1, 0.15) is 18.5 Å². The first-order chi connectivity index (χ1) is 13.7. The molecular formula is C23H31ClFNO2. The van der Waals surface area contributed by atoms with Crippen molar-refractivity contribution in [2.45, 2.75) is 70.6 Å². The molecule has 0 amide bonds. The van der Waals surface area contributed by atoms with Gasteiger partial charge in [0.15, 0.2) is 0 Å². The van der Waals surface area contributed by atoms with Crippen molar-refractivity contribution in [2.75, 3.05) is 6.61 Å². The molecular weight excluding hydrogens is 377 g/mol. The molecule has 154 valence electrons. The zero-order chi connectivity index (χ0) is 19.3. The third kappa shape index (κ3) is 5.40. The van der Waals surface area contributed by atoms with Gasteiger partial charge in [-0.2, -0.15) is 9.37 Å². The number of hydrogen-bond acceptors (Lipinski definition) is 3. The smallest absolute Gasteiger partial charge is 0.260 e. The minimum Gasteiger partial charge on any atom is -0.473 e. The van der Waals surface area contributed by atoms with E-state index in [-0.39, 0.29) is 11.6 Å². The highest BCUT2D eigenvalue weighted by atomic mass is 35.5. The predicted molar refractivity (Wildman–Crippen MR) is 109 cm³/mol. The van der Waals surface area contributed by atoms with Crippen LogP contribution in [0.3, 0.4) is 0 Å². The van der Waals surface area contributed by atoms with Crippen molar-refractivity contribution < 1.29 is 13.4 Å². The molecule has 1 aromatic rings. The first kappa shape index (κ1) is 20.0. The SMILES string of the molecule is Fc1nc(OCC2=CCC(C3CCC(CCC4CC4)CC3)CC2)ccc1OCl. The van der Waals surface area contributed by atoms with Gasteiger partial charge in [0.25, 0.3) is 5.95 Å². The molecule has 0 spiro atoms. The third-order valence-corrected chi connectivity index (χ3v) is 7.23.